The molecule has 0 saturated heterocycles. The van der Waals surface area contributed by atoms with Crippen LogP contribution in [-0.2, 0) is 16.4 Å². The van der Waals surface area contributed by atoms with Crippen molar-refractivity contribution < 1.29 is 26.7 Å². The molecular formula is C22H18F2N4O4S. The number of sulfone groups is 1. The number of aromatic nitrogens is 3. The van der Waals surface area contributed by atoms with Crippen LogP contribution in [-0.4, -0.2) is 35.4 Å². The largest absolute Gasteiger partial charge is 0.433 e. The molecule has 0 fully saturated rings. The van der Waals surface area contributed by atoms with E-state index >= 15 is 0 Å². The van der Waals surface area contributed by atoms with E-state index in [4.69, 9.17) is 0 Å². The van der Waals surface area contributed by atoms with Gasteiger partial charge in [-0.05, 0) is 42.5 Å². The van der Waals surface area contributed by atoms with Crippen LogP contribution in [0.4, 0.5) is 8.78 Å². The molecule has 0 spiro atoms. The Bertz CT molecular complexity index is 1380. The highest BCUT2D eigenvalue weighted by atomic mass is 32.2. The van der Waals surface area contributed by atoms with Gasteiger partial charge in [0.2, 0.25) is 9.84 Å². The van der Waals surface area contributed by atoms with Crippen LogP contribution in [0.15, 0.2) is 76.9 Å². The third-order valence-electron chi connectivity index (χ3n) is 4.62. The van der Waals surface area contributed by atoms with Crippen LogP contribution in [0.3, 0.4) is 0 Å². The number of hydrogen-bond acceptors (Lipinski definition) is 6. The molecule has 0 aliphatic rings. The molecule has 4 rings (SSSR count). The van der Waals surface area contributed by atoms with Crippen molar-refractivity contribution in [2.24, 2.45) is 0 Å². The van der Waals surface area contributed by atoms with Gasteiger partial charge in [0, 0.05) is 36.4 Å². The van der Waals surface area contributed by atoms with Crippen LogP contribution < -0.4 is 10.1 Å². The highest BCUT2D eigenvalue weighted by molar-refractivity contribution is 7.91. The molecule has 3 aromatic heterocycles. The molecule has 8 nitrogen and oxygen atoms in total. The predicted octanol–water partition coefficient (Wildman–Crippen LogP) is 3.71. The number of hydrogen-bond donors (Lipinski definition) is 2. The summed E-state index contributed by atoms with van der Waals surface area (Å²) in [6.07, 6.45) is 0.953. The number of pyridine rings is 2. The molecule has 4 aromatic rings. The number of rotatable bonds is 7. The second kappa shape index (κ2) is 8.58. The smallest absolute Gasteiger partial charge is 0.394 e. The zero-order chi connectivity index (χ0) is 23.6. The standard InChI is InChI=1S/C22H18F2N4O4S/c1-22(23,24)32-16-3-2-4-17(10-16)33(30,31)18-6-5-15(26-13-18)12-27-21(29)20-9-14-11-25-8-7-19(14)28-20/h2-11,13,28H,12H2,1H3,(H,27,29). The van der Waals surface area contributed by atoms with E-state index in [1.165, 1.54) is 30.3 Å². The summed E-state index contributed by atoms with van der Waals surface area (Å²) in [7, 11) is -4.01. The van der Waals surface area contributed by atoms with E-state index in [-0.39, 0.29) is 28.0 Å². The van der Waals surface area contributed by atoms with Gasteiger partial charge in [-0.2, -0.15) is 8.78 Å². The summed E-state index contributed by atoms with van der Waals surface area (Å²) in [5, 5.41) is 3.50. The van der Waals surface area contributed by atoms with E-state index in [1.807, 2.05) is 0 Å². The first-order valence-electron chi connectivity index (χ1n) is 9.70. The summed E-state index contributed by atoms with van der Waals surface area (Å²) in [5.41, 5.74) is 1.57. The Kier molecular flexibility index (Phi) is 5.81. The van der Waals surface area contributed by atoms with Gasteiger partial charge in [-0.3, -0.25) is 14.8 Å². The molecule has 3 heterocycles. The molecule has 0 saturated carbocycles. The predicted molar refractivity (Wildman–Crippen MR) is 115 cm³/mol. The zero-order valence-electron chi connectivity index (χ0n) is 17.2. The second-order valence-electron chi connectivity index (χ2n) is 7.20. The molecule has 1 aromatic carbocycles. The average molecular weight is 472 g/mol. The van der Waals surface area contributed by atoms with Crippen LogP contribution in [0, 0.1) is 0 Å². The lowest BCUT2D eigenvalue weighted by Crippen LogP contribution is -2.23. The Morgan fingerprint density at radius 1 is 1.12 bits per heavy atom. The molecule has 0 atom stereocenters. The molecule has 170 valence electrons. The van der Waals surface area contributed by atoms with Crippen molar-refractivity contribution in [1.82, 2.24) is 20.3 Å². The van der Waals surface area contributed by atoms with E-state index in [0.29, 0.717) is 18.3 Å². The first kappa shape index (κ1) is 22.3. The number of nitrogens with one attached hydrogen (secondary N) is 2. The molecule has 1 amide bonds. The molecular weight excluding hydrogens is 454 g/mol. The molecule has 0 unspecified atom stereocenters. The maximum absolute atomic E-state index is 13.1. The van der Waals surface area contributed by atoms with Crippen LogP contribution >= 0.6 is 0 Å². The number of carbonyl (C=O) groups is 1. The summed E-state index contributed by atoms with van der Waals surface area (Å²) in [6.45, 7) is 0.632. The molecule has 11 heteroatoms. The number of amides is 1. The van der Waals surface area contributed by atoms with Crippen LogP contribution in [0.2, 0.25) is 0 Å². The van der Waals surface area contributed by atoms with E-state index in [0.717, 1.165) is 23.2 Å². The molecule has 33 heavy (non-hydrogen) atoms. The average Bonchev–Trinajstić information content (AvgIpc) is 3.21. The number of fused-ring (bicyclic) bond motifs is 1. The Balaban J connectivity index is 1.45. The summed E-state index contributed by atoms with van der Waals surface area (Å²) in [5.74, 6) is -0.627. The normalized spacial score (nSPS) is 12.0. The number of benzene rings is 1. The van der Waals surface area contributed by atoms with Gasteiger partial charge in [-0.15, -0.1) is 0 Å². The number of halogens is 2. The van der Waals surface area contributed by atoms with Crippen molar-refractivity contribution in [3.05, 3.63) is 78.5 Å². The third kappa shape index (κ3) is 5.14. The fourth-order valence-electron chi connectivity index (χ4n) is 3.08. The Labute approximate surface area is 187 Å². The van der Waals surface area contributed by atoms with Crippen LogP contribution in [0.25, 0.3) is 10.9 Å². The van der Waals surface area contributed by atoms with Crippen molar-refractivity contribution in [1.29, 1.82) is 0 Å². The maximum Gasteiger partial charge on any atom is 0.394 e. The number of nitrogens with zero attached hydrogens (tertiary/aromatic N) is 2. The Hall–Kier alpha value is -3.86. The van der Waals surface area contributed by atoms with Gasteiger partial charge < -0.3 is 15.0 Å². The van der Waals surface area contributed by atoms with Gasteiger partial charge in [0.25, 0.3) is 5.91 Å². The van der Waals surface area contributed by atoms with Gasteiger partial charge in [0.1, 0.15) is 11.4 Å². The van der Waals surface area contributed by atoms with Crippen LogP contribution in [0.5, 0.6) is 5.75 Å². The van der Waals surface area contributed by atoms with E-state index in [1.54, 1.807) is 24.5 Å². The highest BCUT2D eigenvalue weighted by Gasteiger charge is 2.25. The van der Waals surface area contributed by atoms with Crippen molar-refractivity contribution in [2.45, 2.75) is 29.4 Å². The van der Waals surface area contributed by atoms with Crippen molar-refractivity contribution >= 4 is 26.6 Å². The van der Waals surface area contributed by atoms with Gasteiger partial charge >= 0.3 is 6.11 Å². The van der Waals surface area contributed by atoms with Gasteiger partial charge in [0.05, 0.1) is 22.0 Å². The summed E-state index contributed by atoms with van der Waals surface area (Å²) >= 11 is 0. The molecule has 0 aliphatic carbocycles. The SMILES string of the molecule is CC(F)(F)Oc1cccc(S(=O)(=O)c2ccc(CNC(=O)c3cc4cnccc4[nH]3)nc2)c1. The molecule has 2 N–H and O–H groups in total. The summed E-state index contributed by atoms with van der Waals surface area (Å²) in [4.78, 5) is 23.1. The van der Waals surface area contributed by atoms with E-state index < -0.39 is 15.9 Å². The van der Waals surface area contributed by atoms with Gasteiger partial charge in [-0.25, -0.2) is 8.42 Å². The highest BCUT2D eigenvalue weighted by Crippen LogP contribution is 2.27. The minimum Gasteiger partial charge on any atom is -0.433 e. The molecule has 0 radical (unpaired) electrons. The lowest BCUT2D eigenvalue weighted by atomic mass is 10.3. The third-order valence-corrected chi connectivity index (χ3v) is 6.35. The topological polar surface area (TPSA) is 114 Å². The maximum atomic E-state index is 13.1. The second-order valence-corrected chi connectivity index (χ2v) is 9.15. The van der Waals surface area contributed by atoms with E-state index in [9.17, 15) is 22.0 Å². The summed E-state index contributed by atoms with van der Waals surface area (Å²) < 4.78 is 56.3. The lowest BCUT2D eigenvalue weighted by molar-refractivity contribution is -0.159. The minimum atomic E-state index is -4.01. The molecule has 0 aliphatic heterocycles. The quantitative estimate of drug-likeness (QED) is 0.424. The van der Waals surface area contributed by atoms with Gasteiger partial charge in [-0.1, -0.05) is 6.07 Å². The number of aromatic amines is 1. The van der Waals surface area contributed by atoms with Crippen molar-refractivity contribution in [3.8, 4) is 5.75 Å². The Morgan fingerprint density at radius 2 is 1.94 bits per heavy atom. The monoisotopic (exact) mass is 472 g/mol. The Morgan fingerprint density at radius 3 is 2.64 bits per heavy atom. The van der Waals surface area contributed by atoms with E-state index in [2.05, 4.69) is 25.0 Å². The first-order chi connectivity index (χ1) is 15.6. The lowest BCUT2D eigenvalue weighted by Gasteiger charge is -2.14. The number of H-pyrrole nitrogens is 1. The van der Waals surface area contributed by atoms with Gasteiger partial charge in [0.15, 0.2) is 0 Å². The fraction of sp³-hybridized carbons (Fsp3) is 0.136. The van der Waals surface area contributed by atoms with Crippen molar-refractivity contribution in [2.75, 3.05) is 0 Å². The number of carbonyl (C=O) groups excluding carboxylic acids is 1. The number of ether oxygens (including phenoxy) is 1. The first-order valence-corrected chi connectivity index (χ1v) is 11.2. The van der Waals surface area contributed by atoms with Crippen molar-refractivity contribution in [3.63, 3.8) is 0 Å². The zero-order valence-corrected chi connectivity index (χ0v) is 18.1. The molecule has 0 bridgehead atoms. The number of alkyl halides is 2. The summed E-state index contributed by atoms with van der Waals surface area (Å²) in [6, 6.07) is 11.1. The minimum absolute atomic E-state index is 0.0711. The fourth-order valence-corrected chi connectivity index (χ4v) is 4.32. The van der Waals surface area contributed by atoms with Crippen LogP contribution in [0.1, 0.15) is 23.1 Å².